The molecule has 1 fully saturated rings. The SMILES string of the molecule is CCCC(CN1CCOC1=O)C(=O)O. The Labute approximate surface area is 82.6 Å². The fraction of sp³-hybridized carbons (Fsp3) is 0.778. The van der Waals surface area contributed by atoms with E-state index in [0.29, 0.717) is 19.6 Å². The first-order chi connectivity index (χ1) is 6.65. The highest BCUT2D eigenvalue weighted by Crippen LogP contribution is 2.12. The molecular weight excluding hydrogens is 186 g/mol. The van der Waals surface area contributed by atoms with E-state index in [1.807, 2.05) is 6.92 Å². The zero-order valence-corrected chi connectivity index (χ0v) is 8.23. The van der Waals surface area contributed by atoms with Gasteiger partial charge in [0.1, 0.15) is 6.61 Å². The van der Waals surface area contributed by atoms with Gasteiger partial charge < -0.3 is 14.7 Å². The first-order valence-corrected chi connectivity index (χ1v) is 4.79. The Morgan fingerprint density at radius 1 is 1.71 bits per heavy atom. The minimum atomic E-state index is -0.841. The lowest BCUT2D eigenvalue weighted by atomic mass is 10.0. The summed E-state index contributed by atoms with van der Waals surface area (Å²) in [4.78, 5) is 23.3. The number of nitrogens with zero attached hydrogens (tertiary/aromatic N) is 1. The van der Waals surface area contributed by atoms with Crippen LogP contribution in [0, 0.1) is 5.92 Å². The topological polar surface area (TPSA) is 66.8 Å². The zero-order chi connectivity index (χ0) is 10.6. The zero-order valence-electron chi connectivity index (χ0n) is 8.23. The van der Waals surface area contributed by atoms with Crippen LogP contribution in [0.15, 0.2) is 0 Å². The smallest absolute Gasteiger partial charge is 0.409 e. The molecule has 0 radical (unpaired) electrons. The Bertz CT molecular complexity index is 229. The van der Waals surface area contributed by atoms with Gasteiger partial charge in [-0.3, -0.25) is 4.79 Å². The predicted molar refractivity (Wildman–Crippen MR) is 49.0 cm³/mol. The van der Waals surface area contributed by atoms with Gasteiger partial charge in [0.25, 0.3) is 0 Å². The molecule has 1 rings (SSSR count). The molecule has 1 heterocycles. The molecule has 5 nitrogen and oxygen atoms in total. The van der Waals surface area contributed by atoms with Gasteiger partial charge in [0.15, 0.2) is 0 Å². The number of carboxylic acids is 1. The van der Waals surface area contributed by atoms with Crippen molar-refractivity contribution in [2.24, 2.45) is 5.92 Å². The Morgan fingerprint density at radius 3 is 2.86 bits per heavy atom. The quantitative estimate of drug-likeness (QED) is 0.718. The molecule has 0 aromatic carbocycles. The minimum Gasteiger partial charge on any atom is -0.481 e. The lowest BCUT2D eigenvalue weighted by Gasteiger charge is -2.17. The highest BCUT2D eigenvalue weighted by atomic mass is 16.6. The number of hydrogen-bond acceptors (Lipinski definition) is 3. The van der Waals surface area contributed by atoms with E-state index in [9.17, 15) is 9.59 Å². The molecule has 1 saturated heterocycles. The van der Waals surface area contributed by atoms with Gasteiger partial charge in [-0.2, -0.15) is 0 Å². The molecule has 1 aliphatic heterocycles. The molecule has 80 valence electrons. The second-order valence-corrected chi connectivity index (χ2v) is 3.38. The van der Waals surface area contributed by atoms with E-state index < -0.39 is 18.0 Å². The van der Waals surface area contributed by atoms with Crippen molar-refractivity contribution in [3.8, 4) is 0 Å². The number of carbonyl (C=O) groups excluding carboxylic acids is 1. The Balaban J connectivity index is 2.46. The molecule has 1 N–H and O–H groups in total. The van der Waals surface area contributed by atoms with Gasteiger partial charge in [-0.05, 0) is 6.42 Å². The second-order valence-electron chi connectivity index (χ2n) is 3.38. The molecular formula is C9H15NO4. The number of ether oxygens (including phenoxy) is 1. The molecule has 1 aliphatic rings. The fourth-order valence-corrected chi connectivity index (χ4v) is 1.50. The molecule has 14 heavy (non-hydrogen) atoms. The molecule has 1 unspecified atom stereocenters. The monoisotopic (exact) mass is 201 g/mol. The summed E-state index contributed by atoms with van der Waals surface area (Å²) in [6.07, 6.45) is 1.01. The molecule has 0 aromatic rings. The maximum absolute atomic E-state index is 11.0. The largest absolute Gasteiger partial charge is 0.481 e. The Morgan fingerprint density at radius 2 is 2.43 bits per heavy atom. The van der Waals surface area contributed by atoms with E-state index in [-0.39, 0.29) is 6.54 Å². The number of hydrogen-bond donors (Lipinski definition) is 1. The van der Waals surface area contributed by atoms with Crippen molar-refractivity contribution in [1.29, 1.82) is 0 Å². The highest BCUT2D eigenvalue weighted by molar-refractivity contribution is 5.73. The van der Waals surface area contributed by atoms with Crippen molar-refractivity contribution in [3.05, 3.63) is 0 Å². The fourth-order valence-electron chi connectivity index (χ4n) is 1.50. The molecule has 5 heteroatoms. The third-order valence-corrected chi connectivity index (χ3v) is 2.27. The lowest BCUT2D eigenvalue weighted by molar-refractivity contribution is -0.142. The second kappa shape index (κ2) is 4.83. The maximum Gasteiger partial charge on any atom is 0.409 e. The number of rotatable bonds is 5. The predicted octanol–water partition coefficient (Wildman–Crippen LogP) is 0.940. The van der Waals surface area contributed by atoms with Crippen LogP contribution in [0.2, 0.25) is 0 Å². The van der Waals surface area contributed by atoms with Gasteiger partial charge in [0, 0.05) is 6.54 Å². The van der Waals surface area contributed by atoms with Crippen LogP contribution >= 0.6 is 0 Å². The molecule has 1 amide bonds. The average molecular weight is 201 g/mol. The van der Waals surface area contributed by atoms with Crippen LogP contribution in [0.25, 0.3) is 0 Å². The molecule has 0 aliphatic carbocycles. The van der Waals surface area contributed by atoms with Crippen molar-refractivity contribution in [2.75, 3.05) is 19.7 Å². The maximum atomic E-state index is 11.0. The van der Waals surface area contributed by atoms with Crippen molar-refractivity contribution in [2.45, 2.75) is 19.8 Å². The van der Waals surface area contributed by atoms with Gasteiger partial charge in [-0.25, -0.2) is 4.79 Å². The summed E-state index contributed by atoms with van der Waals surface area (Å²) >= 11 is 0. The lowest BCUT2D eigenvalue weighted by Crippen LogP contribution is -2.33. The van der Waals surface area contributed by atoms with Crippen LogP contribution in [0.5, 0.6) is 0 Å². The van der Waals surface area contributed by atoms with Crippen molar-refractivity contribution in [1.82, 2.24) is 4.90 Å². The summed E-state index contributed by atoms with van der Waals surface area (Å²) in [6.45, 7) is 3.07. The summed E-state index contributed by atoms with van der Waals surface area (Å²) < 4.78 is 4.72. The highest BCUT2D eigenvalue weighted by Gasteiger charge is 2.27. The summed E-state index contributed by atoms with van der Waals surface area (Å²) in [5.41, 5.74) is 0. The van der Waals surface area contributed by atoms with Gasteiger partial charge in [-0.1, -0.05) is 13.3 Å². The van der Waals surface area contributed by atoms with Crippen LogP contribution < -0.4 is 0 Å². The average Bonchev–Trinajstić information content (AvgIpc) is 2.51. The number of carboxylic acid groups (broad SMARTS) is 1. The summed E-state index contributed by atoms with van der Waals surface area (Å²) in [5, 5.41) is 8.87. The van der Waals surface area contributed by atoms with E-state index in [1.165, 1.54) is 4.90 Å². The van der Waals surface area contributed by atoms with Crippen LogP contribution in [-0.2, 0) is 9.53 Å². The molecule has 0 saturated carbocycles. The number of aliphatic carboxylic acids is 1. The van der Waals surface area contributed by atoms with Crippen LogP contribution in [0.4, 0.5) is 4.79 Å². The van der Waals surface area contributed by atoms with E-state index >= 15 is 0 Å². The van der Waals surface area contributed by atoms with E-state index in [4.69, 9.17) is 9.84 Å². The molecule has 1 atom stereocenters. The Hall–Kier alpha value is -1.26. The van der Waals surface area contributed by atoms with Gasteiger partial charge in [-0.15, -0.1) is 0 Å². The first kappa shape index (κ1) is 10.8. The molecule has 0 spiro atoms. The molecule has 0 aromatic heterocycles. The van der Waals surface area contributed by atoms with Crippen LogP contribution in [0.1, 0.15) is 19.8 Å². The Kier molecular flexibility index (Phi) is 3.73. The van der Waals surface area contributed by atoms with E-state index in [0.717, 1.165) is 6.42 Å². The summed E-state index contributed by atoms with van der Waals surface area (Å²) in [6, 6.07) is 0. The standard InChI is InChI=1S/C9H15NO4/c1-2-3-7(8(11)12)6-10-4-5-14-9(10)13/h7H,2-6H2,1H3,(H,11,12). The third kappa shape index (κ3) is 2.61. The van der Waals surface area contributed by atoms with Gasteiger partial charge >= 0.3 is 12.1 Å². The normalized spacial score (nSPS) is 18.1. The van der Waals surface area contributed by atoms with Crippen molar-refractivity contribution >= 4 is 12.1 Å². The van der Waals surface area contributed by atoms with Crippen molar-refractivity contribution < 1.29 is 19.4 Å². The van der Waals surface area contributed by atoms with E-state index in [1.54, 1.807) is 0 Å². The van der Waals surface area contributed by atoms with E-state index in [2.05, 4.69) is 0 Å². The third-order valence-electron chi connectivity index (χ3n) is 2.27. The number of carbonyl (C=O) groups is 2. The first-order valence-electron chi connectivity index (χ1n) is 4.79. The van der Waals surface area contributed by atoms with Gasteiger partial charge in [0.2, 0.25) is 0 Å². The number of cyclic esters (lactones) is 1. The minimum absolute atomic E-state index is 0.266. The summed E-state index contributed by atoms with van der Waals surface area (Å²) in [5.74, 6) is -1.31. The number of amides is 1. The summed E-state index contributed by atoms with van der Waals surface area (Å²) in [7, 11) is 0. The van der Waals surface area contributed by atoms with Crippen LogP contribution in [-0.4, -0.2) is 41.8 Å². The molecule has 0 bridgehead atoms. The van der Waals surface area contributed by atoms with Crippen molar-refractivity contribution in [3.63, 3.8) is 0 Å². The van der Waals surface area contributed by atoms with Gasteiger partial charge in [0.05, 0.1) is 12.5 Å². The van der Waals surface area contributed by atoms with Crippen LogP contribution in [0.3, 0.4) is 0 Å².